The first-order valence-electron chi connectivity index (χ1n) is 6.98. The molecule has 1 aromatic heterocycles. The molecule has 21 heavy (non-hydrogen) atoms. The number of anilines is 1. The molecule has 0 saturated heterocycles. The lowest BCUT2D eigenvalue weighted by atomic mass is 9.98. The second-order valence-corrected chi connectivity index (χ2v) is 6.78. The predicted octanol–water partition coefficient (Wildman–Crippen LogP) is 1.66. The lowest BCUT2D eigenvalue weighted by Crippen LogP contribution is -2.39. The van der Waals surface area contributed by atoms with Crippen molar-refractivity contribution in [1.29, 1.82) is 0 Å². The number of hydrogen-bond acceptors (Lipinski definition) is 4. The highest BCUT2D eigenvalue weighted by atomic mass is 32.2. The van der Waals surface area contributed by atoms with Crippen LogP contribution in [0.15, 0.2) is 41.8 Å². The van der Waals surface area contributed by atoms with Crippen LogP contribution in [-0.4, -0.2) is 31.5 Å². The quantitative estimate of drug-likeness (QED) is 0.900. The number of aromatic amines is 1. The number of nitrogens with zero attached hydrogens (tertiary/aromatic N) is 2. The molecule has 2 aromatic rings. The second kappa shape index (κ2) is 5.50. The zero-order valence-corrected chi connectivity index (χ0v) is 12.6. The van der Waals surface area contributed by atoms with E-state index in [0.717, 1.165) is 24.2 Å². The lowest BCUT2D eigenvalue weighted by molar-refractivity contribution is 0.501. The molecule has 0 saturated carbocycles. The van der Waals surface area contributed by atoms with Gasteiger partial charge in [0.15, 0.2) is 5.03 Å². The van der Waals surface area contributed by atoms with Crippen molar-refractivity contribution < 1.29 is 8.42 Å². The number of benzene rings is 1. The Morgan fingerprint density at radius 3 is 2.95 bits per heavy atom. The van der Waals surface area contributed by atoms with Crippen molar-refractivity contribution >= 4 is 15.7 Å². The summed E-state index contributed by atoms with van der Waals surface area (Å²) >= 11 is 0. The highest BCUT2D eigenvalue weighted by molar-refractivity contribution is 7.92. The first-order valence-corrected chi connectivity index (χ1v) is 8.42. The van der Waals surface area contributed by atoms with Crippen molar-refractivity contribution in [3.05, 3.63) is 42.4 Å². The van der Waals surface area contributed by atoms with Crippen LogP contribution in [0.2, 0.25) is 0 Å². The predicted molar refractivity (Wildman–Crippen MR) is 80.6 cm³/mol. The maximum Gasteiger partial charge on any atom is 0.281 e. The smallest absolute Gasteiger partial charge is 0.281 e. The molecule has 2 N–H and O–H groups in total. The monoisotopic (exact) mass is 306 g/mol. The molecule has 0 radical (unpaired) electrons. The normalized spacial score (nSPS) is 18.5. The standard InChI is InChI=1S/C14H18N4O2S/c1-2-16-12-7-8-18(13-6-4-3-5-11(12)13)21(19,20)14-9-15-10-17-14/h3-6,9-10,12,16H,2,7-8H2,1H3,(H,15,17). The molecule has 1 aliphatic rings. The maximum atomic E-state index is 12.7. The summed E-state index contributed by atoms with van der Waals surface area (Å²) in [5, 5.41) is 3.53. The van der Waals surface area contributed by atoms with Gasteiger partial charge in [-0.1, -0.05) is 25.1 Å². The average Bonchev–Trinajstić information content (AvgIpc) is 3.02. The highest BCUT2D eigenvalue weighted by Crippen LogP contribution is 2.36. The molecule has 0 bridgehead atoms. The van der Waals surface area contributed by atoms with Gasteiger partial charge in [0.2, 0.25) is 0 Å². The van der Waals surface area contributed by atoms with Gasteiger partial charge in [-0.25, -0.2) is 4.98 Å². The molecule has 6 nitrogen and oxygen atoms in total. The third-order valence-electron chi connectivity index (χ3n) is 3.69. The van der Waals surface area contributed by atoms with E-state index in [1.165, 1.54) is 16.8 Å². The van der Waals surface area contributed by atoms with E-state index >= 15 is 0 Å². The molecule has 1 atom stereocenters. The van der Waals surface area contributed by atoms with Crippen LogP contribution in [-0.2, 0) is 10.0 Å². The number of sulfonamides is 1. The first kappa shape index (κ1) is 14.1. The van der Waals surface area contributed by atoms with Gasteiger partial charge in [0, 0.05) is 12.6 Å². The Morgan fingerprint density at radius 2 is 2.24 bits per heavy atom. The maximum absolute atomic E-state index is 12.7. The summed E-state index contributed by atoms with van der Waals surface area (Å²) in [6.07, 6.45) is 3.47. The molecule has 0 aliphatic carbocycles. The fraction of sp³-hybridized carbons (Fsp3) is 0.357. The summed E-state index contributed by atoms with van der Waals surface area (Å²) in [4.78, 5) is 6.50. The number of rotatable bonds is 4. The van der Waals surface area contributed by atoms with Crippen molar-refractivity contribution in [2.75, 3.05) is 17.4 Å². The van der Waals surface area contributed by atoms with E-state index in [9.17, 15) is 8.42 Å². The molecule has 0 fully saturated rings. The van der Waals surface area contributed by atoms with Crippen LogP contribution in [0.1, 0.15) is 24.9 Å². The molecule has 0 amide bonds. The third kappa shape index (κ3) is 2.43. The minimum Gasteiger partial charge on any atom is -0.334 e. The zero-order valence-electron chi connectivity index (χ0n) is 11.8. The zero-order chi connectivity index (χ0) is 14.9. The first-order chi connectivity index (χ1) is 10.1. The number of imidazole rings is 1. The minimum absolute atomic E-state index is 0.124. The number of fused-ring (bicyclic) bond motifs is 1. The molecule has 3 rings (SSSR count). The van der Waals surface area contributed by atoms with Gasteiger partial charge in [0.1, 0.15) is 0 Å². The van der Waals surface area contributed by atoms with Gasteiger partial charge in [0.25, 0.3) is 10.0 Å². The Morgan fingerprint density at radius 1 is 1.43 bits per heavy atom. The molecular weight excluding hydrogens is 288 g/mol. The van der Waals surface area contributed by atoms with E-state index in [0.29, 0.717) is 6.54 Å². The van der Waals surface area contributed by atoms with Crippen LogP contribution in [0.4, 0.5) is 5.69 Å². The summed E-state index contributed by atoms with van der Waals surface area (Å²) in [5.74, 6) is 0. The van der Waals surface area contributed by atoms with E-state index in [1.54, 1.807) is 0 Å². The van der Waals surface area contributed by atoms with E-state index in [2.05, 4.69) is 22.2 Å². The van der Waals surface area contributed by atoms with Crippen LogP contribution < -0.4 is 9.62 Å². The third-order valence-corrected chi connectivity index (χ3v) is 5.43. The average molecular weight is 306 g/mol. The molecule has 2 heterocycles. The van der Waals surface area contributed by atoms with Crippen molar-refractivity contribution in [2.45, 2.75) is 24.4 Å². The van der Waals surface area contributed by atoms with E-state index < -0.39 is 10.0 Å². The number of para-hydroxylation sites is 1. The largest absolute Gasteiger partial charge is 0.334 e. The van der Waals surface area contributed by atoms with Gasteiger partial charge in [-0.3, -0.25) is 4.31 Å². The number of aromatic nitrogens is 2. The van der Waals surface area contributed by atoms with Gasteiger partial charge in [-0.15, -0.1) is 0 Å². The van der Waals surface area contributed by atoms with Crippen LogP contribution in [0.3, 0.4) is 0 Å². The molecule has 1 unspecified atom stereocenters. The highest BCUT2D eigenvalue weighted by Gasteiger charge is 2.33. The lowest BCUT2D eigenvalue weighted by Gasteiger charge is -2.34. The molecule has 1 aliphatic heterocycles. The molecule has 1 aromatic carbocycles. The molecule has 112 valence electrons. The Hall–Kier alpha value is -1.86. The molecule has 0 spiro atoms. The van der Waals surface area contributed by atoms with Gasteiger partial charge in [0.05, 0.1) is 18.2 Å². The molecular formula is C14H18N4O2S. The van der Waals surface area contributed by atoms with Gasteiger partial charge in [-0.2, -0.15) is 8.42 Å². The van der Waals surface area contributed by atoms with Crippen molar-refractivity contribution in [2.24, 2.45) is 0 Å². The number of nitrogens with one attached hydrogen (secondary N) is 2. The summed E-state index contributed by atoms with van der Waals surface area (Å²) < 4.78 is 26.9. The Labute approximate surface area is 124 Å². The Balaban J connectivity index is 2.04. The van der Waals surface area contributed by atoms with Crippen LogP contribution in [0.5, 0.6) is 0 Å². The Bertz CT molecular complexity index is 712. The van der Waals surface area contributed by atoms with Gasteiger partial charge < -0.3 is 10.3 Å². The SMILES string of the molecule is CCNC1CCN(S(=O)(=O)c2cnc[nH]2)c2ccccc21. The van der Waals surface area contributed by atoms with Gasteiger partial charge in [-0.05, 0) is 24.6 Å². The van der Waals surface area contributed by atoms with Crippen molar-refractivity contribution in [3.8, 4) is 0 Å². The molecule has 7 heteroatoms. The van der Waals surface area contributed by atoms with Gasteiger partial charge >= 0.3 is 0 Å². The Kier molecular flexibility index (Phi) is 3.69. The van der Waals surface area contributed by atoms with Crippen LogP contribution in [0.25, 0.3) is 0 Å². The fourth-order valence-corrected chi connectivity index (χ4v) is 4.15. The fourth-order valence-electron chi connectivity index (χ4n) is 2.74. The second-order valence-electron chi connectivity index (χ2n) is 4.95. The van der Waals surface area contributed by atoms with Crippen molar-refractivity contribution in [3.63, 3.8) is 0 Å². The number of H-pyrrole nitrogens is 1. The van der Waals surface area contributed by atoms with E-state index in [1.807, 2.05) is 24.3 Å². The number of hydrogen-bond donors (Lipinski definition) is 2. The summed E-state index contributed by atoms with van der Waals surface area (Å²) in [5.41, 5.74) is 1.76. The summed E-state index contributed by atoms with van der Waals surface area (Å²) in [7, 11) is -3.58. The van der Waals surface area contributed by atoms with Crippen LogP contribution >= 0.6 is 0 Å². The minimum atomic E-state index is -3.58. The van der Waals surface area contributed by atoms with Crippen LogP contribution in [0, 0.1) is 0 Å². The van der Waals surface area contributed by atoms with E-state index in [-0.39, 0.29) is 11.1 Å². The van der Waals surface area contributed by atoms with Crippen molar-refractivity contribution in [1.82, 2.24) is 15.3 Å². The van der Waals surface area contributed by atoms with E-state index in [4.69, 9.17) is 0 Å². The topological polar surface area (TPSA) is 78.1 Å². The summed E-state index contributed by atoms with van der Waals surface area (Å²) in [6.45, 7) is 3.36. The summed E-state index contributed by atoms with van der Waals surface area (Å²) in [6, 6.07) is 7.83.